The van der Waals surface area contributed by atoms with Crippen LogP contribution in [0.2, 0.25) is 0 Å². The van der Waals surface area contributed by atoms with Crippen LogP contribution in [0.4, 0.5) is 0 Å². The highest BCUT2D eigenvalue weighted by Gasteiger charge is 2.25. The first-order valence-electron chi connectivity index (χ1n) is 5.91. The van der Waals surface area contributed by atoms with E-state index >= 15 is 0 Å². The van der Waals surface area contributed by atoms with E-state index in [1.54, 1.807) is 17.8 Å². The quantitative estimate of drug-likeness (QED) is 0.830. The zero-order chi connectivity index (χ0) is 12.5. The molecule has 1 N–H and O–H groups in total. The van der Waals surface area contributed by atoms with Crippen LogP contribution < -0.4 is 10.1 Å². The van der Waals surface area contributed by atoms with E-state index in [4.69, 9.17) is 4.74 Å². The predicted octanol–water partition coefficient (Wildman–Crippen LogP) is 0.384. The van der Waals surface area contributed by atoms with Crippen LogP contribution in [0.3, 0.4) is 0 Å². The largest absolute Gasteiger partial charge is 0.480 e. The van der Waals surface area contributed by atoms with Gasteiger partial charge < -0.3 is 10.1 Å². The van der Waals surface area contributed by atoms with Crippen LogP contribution in [0.5, 0.6) is 5.88 Å². The first-order valence-corrected chi connectivity index (χ1v) is 5.91. The Balaban J connectivity index is 2.03. The van der Waals surface area contributed by atoms with Gasteiger partial charge in [-0.25, -0.2) is 4.98 Å². The number of ketones is 1. The number of carbonyl (C=O) groups excluding carboxylic acids is 1. The van der Waals surface area contributed by atoms with Crippen molar-refractivity contribution in [2.24, 2.45) is 0 Å². The van der Waals surface area contributed by atoms with Crippen molar-refractivity contribution in [1.29, 1.82) is 0 Å². The minimum Gasteiger partial charge on any atom is -0.480 e. The van der Waals surface area contributed by atoms with Crippen molar-refractivity contribution in [3.8, 4) is 5.88 Å². The molecule has 1 unspecified atom stereocenters. The topological polar surface area (TPSA) is 68.5 Å². The molecule has 6 heteroatoms. The van der Waals surface area contributed by atoms with E-state index in [1.165, 1.54) is 0 Å². The van der Waals surface area contributed by atoms with Gasteiger partial charge in [-0.15, -0.1) is 0 Å². The van der Waals surface area contributed by atoms with Gasteiger partial charge in [0.1, 0.15) is 5.78 Å². The van der Waals surface area contributed by atoms with Gasteiger partial charge >= 0.3 is 0 Å². The fourth-order valence-corrected chi connectivity index (χ4v) is 2.21. The Bertz CT molecular complexity index is 593. The summed E-state index contributed by atoms with van der Waals surface area (Å²) in [4.78, 5) is 16.1. The lowest BCUT2D eigenvalue weighted by atomic mass is 9.94. The summed E-state index contributed by atoms with van der Waals surface area (Å²) in [6.45, 7) is 1.40. The van der Waals surface area contributed by atoms with E-state index in [0.29, 0.717) is 24.5 Å². The molecule has 1 atom stereocenters. The molecule has 0 aliphatic carbocycles. The standard InChI is InChI=1S/C12H14N4O2/c1-18-12-7-14-11-3-2-9(15-16(11)12)8-6-13-5-4-10(8)17/h2-3,7-8,13H,4-6H2,1H3. The number of Topliss-reactive ketones (excluding diaryl/α,β-unsaturated/α-hetero) is 1. The Kier molecular flexibility index (Phi) is 2.71. The summed E-state index contributed by atoms with van der Waals surface area (Å²) >= 11 is 0. The van der Waals surface area contributed by atoms with Crippen LogP contribution in [-0.2, 0) is 4.79 Å². The van der Waals surface area contributed by atoms with Crippen LogP contribution >= 0.6 is 0 Å². The molecule has 0 spiro atoms. The van der Waals surface area contributed by atoms with Gasteiger partial charge in [0.2, 0.25) is 5.88 Å². The Hall–Kier alpha value is -1.95. The van der Waals surface area contributed by atoms with Gasteiger partial charge in [0.05, 0.1) is 24.9 Å². The maximum absolute atomic E-state index is 11.9. The second-order valence-corrected chi connectivity index (χ2v) is 4.30. The molecule has 6 nitrogen and oxygen atoms in total. The summed E-state index contributed by atoms with van der Waals surface area (Å²) in [5, 5.41) is 7.67. The molecule has 94 valence electrons. The number of hydrogen-bond acceptors (Lipinski definition) is 5. The molecule has 0 amide bonds. The highest BCUT2D eigenvalue weighted by atomic mass is 16.5. The van der Waals surface area contributed by atoms with Crippen molar-refractivity contribution >= 4 is 11.4 Å². The minimum absolute atomic E-state index is 0.171. The molecule has 1 aliphatic heterocycles. The van der Waals surface area contributed by atoms with E-state index in [9.17, 15) is 4.79 Å². The smallest absolute Gasteiger partial charge is 0.235 e. The lowest BCUT2D eigenvalue weighted by Crippen LogP contribution is -2.35. The number of nitrogens with one attached hydrogen (secondary N) is 1. The maximum Gasteiger partial charge on any atom is 0.235 e. The summed E-state index contributed by atoms with van der Waals surface area (Å²) in [5.74, 6) is 0.637. The number of fused-ring (bicyclic) bond motifs is 1. The Morgan fingerprint density at radius 3 is 3.17 bits per heavy atom. The van der Waals surface area contributed by atoms with Gasteiger partial charge in [-0.2, -0.15) is 9.61 Å². The zero-order valence-electron chi connectivity index (χ0n) is 10.1. The van der Waals surface area contributed by atoms with E-state index < -0.39 is 0 Å². The minimum atomic E-state index is -0.171. The summed E-state index contributed by atoms with van der Waals surface area (Å²) in [6.07, 6.45) is 2.18. The van der Waals surface area contributed by atoms with Crippen molar-refractivity contribution in [2.75, 3.05) is 20.2 Å². The summed E-state index contributed by atoms with van der Waals surface area (Å²) in [7, 11) is 1.57. The van der Waals surface area contributed by atoms with Gasteiger partial charge in [0.15, 0.2) is 5.65 Å². The maximum atomic E-state index is 11.9. The van der Waals surface area contributed by atoms with Gasteiger partial charge in [0.25, 0.3) is 0 Å². The van der Waals surface area contributed by atoms with Crippen LogP contribution in [-0.4, -0.2) is 40.6 Å². The molecular weight excluding hydrogens is 232 g/mol. The number of piperidine rings is 1. The Morgan fingerprint density at radius 1 is 1.50 bits per heavy atom. The molecule has 0 aromatic carbocycles. The summed E-state index contributed by atoms with van der Waals surface area (Å²) in [5.41, 5.74) is 1.47. The third-order valence-electron chi connectivity index (χ3n) is 3.20. The molecule has 18 heavy (non-hydrogen) atoms. The van der Waals surface area contributed by atoms with Crippen LogP contribution in [0.1, 0.15) is 18.0 Å². The van der Waals surface area contributed by atoms with Crippen molar-refractivity contribution in [3.05, 3.63) is 24.0 Å². The molecule has 0 saturated carbocycles. The number of nitrogens with zero attached hydrogens (tertiary/aromatic N) is 3. The van der Waals surface area contributed by atoms with Crippen LogP contribution in [0.25, 0.3) is 5.65 Å². The van der Waals surface area contributed by atoms with E-state index in [2.05, 4.69) is 15.4 Å². The Morgan fingerprint density at radius 2 is 2.39 bits per heavy atom. The average molecular weight is 246 g/mol. The fraction of sp³-hybridized carbons (Fsp3) is 0.417. The summed E-state index contributed by atoms with van der Waals surface area (Å²) in [6, 6.07) is 3.71. The third-order valence-corrected chi connectivity index (χ3v) is 3.20. The normalized spacial score (nSPS) is 20.3. The number of ether oxygens (including phenoxy) is 1. The molecule has 1 saturated heterocycles. The highest BCUT2D eigenvalue weighted by Crippen LogP contribution is 2.20. The van der Waals surface area contributed by atoms with E-state index in [0.717, 1.165) is 12.2 Å². The molecular formula is C12H14N4O2. The van der Waals surface area contributed by atoms with Crippen molar-refractivity contribution < 1.29 is 9.53 Å². The van der Waals surface area contributed by atoms with Gasteiger partial charge in [-0.05, 0) is 12.1 Å². The number of imidazole rings is 1. The Labute approximate surface area is 104 Å². The van der Waals surface area contributed by atoms with Crippen molar-refractivity contribution in [3.63, 3.8) is 0 Å². The van der Waals surface area contributed by atoms with E-state index in [1.807, 2.05) is 12.1 Å². The molecule has 2 aromatic heterocycles. The molecule has 1 aliphatic rings. The monoisotopic (exact) mass is 246 g/mol. The lowest BCUT2D eigenvalue weighted by Gasteiger charge is -2.20. The third kappa shape index (κ3) is 1.74. The first kappa shape index (κ1) is 11.2. The molecule has 3 rings (SSSR count). The number of rotatable bonds is 2. The number of carbonyl (C=O) groups is 1. The molecule has 2 aromatic rings. The van der Waals surface area contributed by atoms with E-state index in [-0.39, 0.29) is 11.7 Å². The van der Waals surface area contributed by atoms with Crippen molar-refractivity contribution in [1.82, 2.24) is 19.9 Å². The molecule has 3 heterocycles. The second kappa shape index (κ2) is 4.38. The van der Waals surface area contributed by atoms with Gasteiger partial charge in [-0.1, -0.05) is 0 Å². The average Bonchev–Trinajstić information content (AvgIpc) is 2.81. The first-order chi connectivity index (χ1) is 8.79. The number of hydrogen-bond donors (Lipinski definition) is 1. The molecule has 0 bridgehead atoms. The van der Waals surface area contributed by atoms with Gasteiger partial charge in [-0.3, -0.25) is 4.79 Å². The SMILES string of the molecule is COc1cnc2ccc(C3CNCCC3=O)nn12. The predicted molar refractivity (Wildman–Crippen MR) is 64.8 cm³/mol. The van der Waals surface area contributed by atoms with Crippen molar-refractivity contribution in [2.45, 2.75) is 12.3 Å². The second-order valence-electron chi connectivity index (χ2n) is 4.30. The number of aromatic nitrogens is 3. The highest BCUT2D eigenvalue weighted by molar-refractivity contribution is 5.86. The fourth-order valence-electron chi connectivity index (χ4n) is 2.21. The molecule has 1 fully saturated rings. The number of methoxy groups -OCH3 is 1. The zero-order valence-corrected chi connectivity index (χ0v) is 10.1. The summed E-state index contributed by atoms with van der Waals surface area (Å²) < 4.78 is 6.80. The lowest BCUT2D eigenvalue weighted by molar-refractivity contribution is -0.121. The molecule has 0 radical (unpaired) electrons. The van der Waals surface area contributed by atoms with Crippen LogP contribution in [0.15, 0.2) is 18.3 Å². The van der Waals surface area contributed by atoms with Crippen LogP contribution in [0, 0.1) is 0 Å². The van der Waals surface area contributed by atoms with Gasteiger partial charge in [0, 0.05) is 19.5 Å².